The second-order valence-corrected chi connectivity index (χ2v) is 6.10. The summed E-state index contributed by atoms with van der Waals surface area (Å²) in [6, 6.07) is 8.61. The molecule has 0 aromatic heterocycles. The minimum absolute atomic E-state index is 0. The van der Waals surface area contributed by atoms with E-state index in [2.05, 4.69) is 80.5 Å². The van der Waals surface area contributed by atoms with Gasteiger partial charge in [0.25, 0.3) is 0 Å². The van der Waals surface area contributed by atoms with Crippen molar-refractivity contribution in [3.63, 3.8) is 0 Å². The summed E-state index contributed by atoms with van der Waals surface area (Å²) in [5, 5.41) is 0. The van der Waals surface area contributed by atoms with Gasteiger partial charge in [0, 0.05) is 20.1 Å². The van der Waals surface area contributed by atoms with Crippen LogP contribution in [0, 0.1) is 74.4 Å². The zero-order valence-electron chi connectivity index (χ0n) is 15.5. The van der Waals surface area contributed by atoms with Gasteiger partial charge in [0.2, 0.25) is 0 Å². The van der Waals surface area contributed by atoms with Crippen molar-refractivity contribution < 1.29 is 20.1 Å². The first-order valence-corrected chi connectivity index (χ1v) is 7.58. The Morgan fingerprint density at radius 3 is 1.36 bits per heavy atom. The number of aryl methyl sites for hydroxylation is 4. The van der Waals surface area contributed by atoms with Gasteiger partial charge in [-0.2, -0.15) is 68.3 Å². The summed E-state index contributed by atoms with van der Waals surface area (Å²) in [6.07, 6.45) is 0. The molecule has 0 saturated heterocycles. The van der Waals surface area contributed by atoms with Crippen LogP contribution in [-0.4, -0.2) is 0 Å². The van der Waals surface area contributed by atoms with E-state index in [0.717, 1.165) is 0 Å². The second kappa shape index (κ2) is 8.65. The van der Waals surface area contributed by atoms with Crippen LogP contribution >= 0.6 is 0 Å². The molecule has 121 valence electrons. The van der Waals surface area contributed by atoms with Crippen LogP contribution in [0.15, 0.2) is 6.07 Å². The fourth-order valence-corrected chi connectivity index (χ4v) is 2.32. The Morgan fingerprint density at radius 1 is 0.545 bits per heavy atom. The molecule has 2 rings (SSSR count). The zero-order valence-corrected chi connectivity index (χ0v) is 17.3. The second-order valence-electron chi connectivity index (χ2n) is 6.10. The average molecular weight is 378 g/mol. The van der Waals surface area contributed by atoms with Crippen molar-refractivity contribution in [2.24, 2.45) is 0 Å². The fourth-order valence-electron chi connectivity index (χ4n) is 2.32. The molecule has 0 spiro atoms. The minimum Gasteiger partial charge on any atom is -0.180 e. The molecule has 0 fully saturated rings. The molecule has 0 atom stereocenters. The van der Waals surface area contributed by atoms with E-state index in [1.807, 2.05) is 0 Å². The Bertz CT molecular complexity index is 598. The largest absolute Gasteiger partial charge is 0.180 e. The van der Waals surface area contributed by atoms with Crippen LogP contribution in [0.25, 0.3) is 0 Å². The predicted molar refractivity (Wildman–Crippen MR) is 93.2 cm³/mol. The van der Waals surface area contributed by atoms with Crippen LogP contribution in [0.2, 0.25) is 0 Å². The summed E-state index contributed by atoms with van der Waals surface area (Å²) in [7, 11) is 0. The van der Waals surface area contributed by atoms with Gasteiger partial charge in [-0.25, -0.2) is 0 Å². The SMILES string of the molecule is Cc1[c-]c(C)c(C)c(C)c1C.Cc1[c-]cc(C)c(C)c1C.[Tc]. The standard InChI is InChI=1S/C11H15.C10H13.Tc/c1-7-6-8(2)10(4)11(5)9(7)3;1-7-5-6-8(2)10(4)9(7)3;/h1-5H3;5H,1-4H3;/q2*-1;. The van der Waals surface area contributed by atoms with Gasteiger partial charge in [-0.1, -0.05) is 62.3 Å². The van der Waals surface area contributed by atoms with Crippen molar-refractivity contribution in [2.45, 2.75) is 62.3 Å². The maximum Gasteiger partial charge on any atom is 0 e. The summed E-state index contributed by atoms with van der Waals surface area (Å²) < 4.78 is 0. The van der Waals surface area contributed by atoms with E-state index in [0.29, 0.717) is 0 Å². The number of rotatable bonds is 0. The smallest absolute Gasteiger partial charge is 0 e. The molecule has 0 amide bonds. The molecule has 0 heterocycles. The van der Waals surface area contributed by atoms with E-state index in [1.54, 1.807) is 0 Å². The average Bonchev–Trinajstić information content (AvgIpc) is 2.45. The Morgan fingerprint density at radius 2 is 0.955 bits per heavy atom. The normalized spacial score (nSPS) is 9.68. The molecule has 0 unspecified atom stereocenters. The first kappa shape index (κ1) is 21.1. The molecule has 1 heteroatoms. The summed E-state index contributed by atoms with van der Waals surface area (Å²) in [5.41, 5.74) is 12.1. The third-order valence-corrected chi connectivity index (χ3v) is 4.85. The molecule has 2 aromatic carbocycles. The molecule has 0 nitrogen and oxygen atoms in total. The molecule has 22 heavy (non-hydrogen) atoms. The molecular formula is C21H28Tc-2. The molecule has 0 aliphatic rings. The van der Waals surface area contributed by atoms with Crippen molar-refractivity contribution in [3.8, 4) is 0 Å². The van der Waals surface area contributed by atoms with Crippen molar-refractivity contribution in [1.29, 1.82) is 0 Å². The van der Waals surface area contributed by atoms with Gasteiger partial charge in [-0.05, 0) is 0 Å². The van der Waals surface area contributed by atoms with Crippen molar-refractivity contribution >= 4 is 0 Å². The van der Waals surface area contributed by atoms with Crippen LogP contribution < -0.4 is 0 Å². The third kappa shape index (κ3) is 4.80. The topological polar surface area (TPSA) is 0 Å². The van der Waals surface area contributed by atoms with Gasteiger partial charge in [0.05, 0.1) is 0 Å². The molecule has 2 aromatic rings. The van der Waals surface area contributed by atoms with E-state index >= 15 is 0 Å². The predicted octanol–water partition coefficient (Wildman–Crippen LogP) is 5.75. The summed E-state index contributed by atoms with van der Waals surface area (Å²) in [5.74, 6) is 0. The molecule has 1 radical (unpaired) electrons. The quantitative estimate of drug-likeness (QED) is 0.512. The molecule has 0 saturated carbocycles. The van der Waals surface area contributed by atoms with Gasteiger partial charge < -0.3 is 0 Å². The molecular weight excluding hydrogens is 350 g/mol. The minimum atomic E-state index is 0. The van der Waals surface area contributed by atoms with Gasteiger partial charge >= 0.3 is 0 Å². The molecule has 0 aliphatic carbocycles. The Hall–Kier alpha value is -0.911. The molecule has 0 bridgehead atoms. The first-order chi connectivity index (χ1) is 9.66. The summed E-state index contributed by atoms with van der Waals surface area (Å²) in [6.45, 7) is 19.3. The zero-order chi connectivity index (χ0) is 16.3. The maximum atomic E-state index is 3.35. The Kier molecular flexibility index (Phi) is 8.29. The van der Waals surface area contributed by atoms with Gasteiger partial charge in [-0.15, -0.1) is 0 Å². The van der Waals surface area contributed by atoms with E-state index in [4.69, 9.17) is 0 Å². The van der Waals surface area contributed by atoms with Crippen LogP contribution in [0.5, 0.6) is 0 Å². The van der Waals surface area contributed by atoms with Crippen molar-refractivity contribution in [2.75, 3.05) is 0 Å². The Balaban J connectivity index is 0.000000385. The van der Waals surface area contributed by atoms with Gasteiger partial charge in [-0.3, -0.25) is 0 Å². The summed E-state index contributed by atoms with van der Waals surface area (Å²) >= 11 is 0. The van der Waals surface area contributed by atoms with Crippen LogP contribution in [0.3, 0.4) is 0 Å². The van der Waals surface area contributed by atoms with E-state index in [1.165, 1.54) is 50.1 Å². The van der Waals surface area contributed by atoms with E-state index < -0.39 is 0 Å². The molecule has 0 N–H and O–H groups in total. The van der Waals surface area contributed by atoms with Crippen molar-refractivity contribution in [3.05, 3.63) is 68.3 Å². The summed E-state index contributed by atoms with van der Waals surface area (Å²) in [4.78, 5) is 0. The Labute approximate surface area is 150 Å². The van der Waals surface area contributed by atoms with E-state index in [9.17, 15) is 0 Å². The van der Waals surface area contributed by atoms with E-state index in [-0.39, 0.29) is 20.1 Å². The fraction of sp³-hybridized carbons (Fsp3) is 0.429. The van der Waals surface area contributed by atoms with Crippen LogP contribution in [0.4, 0.5) is 0 Å². The number of benzene rings is 2. The number of hydrogen-bond acceptors (Lipinski definition) is 0. The maximum absolute atomic E-state index is 3.35. The van der Waals surface area contributed by atoms with Crippen LogP contribution in [0.1, 0.15) is 50.1 Å². The molecule has 0 aliphatic heterocycles. The van der Waals surface area contributed by atoms with Gasteiger partial charge in [0.1, 0.15) is 0 Å². The monoisotopic (exact) mass is 377 g/mol. The van der Waals surface area contributed by atoms with Crippen LogP contribution in [-0.2, 0) is 20.1 Å². The number of hydrogen-bond donors (Lipinski definition) is 0. The van der Waals surface area contributed by atoms with Gasteiger partial charge in [0.15, 0.2) is 0 Å². The first-order valence-electron chi connectivity index (χ1n) is 7.58. The third-order valence-electron chi connectivity index (χ3n) is 4.85. The van der Waals surface area contributed by atoms with Crippen molar-refractivity contribution in [1.82, 2.24) is 0 Å².